The number of aromatic nitrogens is 1. The first-order valence-electron chi connectivity index (χ1n) is 9.10. The molecule has 1 aromatic carbocycles. The second-order valence-electron chi connectivity index (χ2n) is 6.69. The van der Waals surface area contributed by atoms with E-state index in [0.717, 1.165) is 35.9 Å². The highest BCUT2D eigenvalue weighted by molar-refractivity contribution is 5.79. The van der Waals surface area contributed by atoms with Gasteiger partial charge in [-0.05, 0) is 57.4 Å². The predicted octanol–water partition coefficient (Wildman–Crippen LogP) is 3.39. The van der Waals surface area contributed by atoms with Gasteiger partial charge in [-0.25, -0.2) is 0 Å². The Hall–Kier alpha value is -2.56. The van der Waals surface area contributed by atoms with Crippen LogP contribution in [0.3, 0.4) is 0 Å². The second-order valence-corrected chi connectivity index (χ2v) is 6.69. The van der Waals surface area contributed by atoms with Gasteiger partial charge in [0.1, 0.15) is 5.75 Å². The number of nitrogens with zero attached hydrogens (tertiary/aromatic N) is 2. The van der Waals surface area contributed by atoms with Gasteiger partial charge < -0.3 is 15.4 Å². The van der Waals surface area contributed by atoms with Crippen LogP contribution in [0.15, 0.2) is 41.5 Å². The van der Waals surface area contributed by atoms with Gasteiger partial charge in [0, 0.05) is 37.6 Å². The molecular weight excluding hydrogens is 324 g/mol. The van der Waals surface area contributed by atoms with Gasteiger partial charge in [0.15, 0.2) is 5.96 Å². The highest BCUT2D eigenvalue weighted by Gasteiger charge is 2.07. The number of rotatable bonds is 7. The summed E-state index contributed by atoms with van der Waals surface area (Å²) in [6.45, 7) is 9.61. The molecule has 0 aliphatic carbocycles. The third kappa shape index (κ3) is 6.39. The van der Waals surface area contributed by atoms with Crippen LogP contribution in [0.2, 0.25) is 0 Å². The molecule has 0 unspecified atom stereocenters. The number of benzene rings is 1. The van der Waals surface area contributed by atoms with E-state index in [4.69, 9.17) is 4.74 Å². The minimum absolute atomic E-state index is 0.149. The maximum Gasteiger partial charge on any atom is 0.191 e. The van der Waals surface area contributed by atoms with E-state index in [2.05, 4.69) is 51.8 Å². The number of hydrogen-bond acceptors (Lipinski definition) is 3. The fourth-order valence-corrected chi connectivity index (χ4v) is 2.54. The lowest BCUT2D eigenvalue weighted by molar-refractivity contribution is 0.239. The van der Waals surface area contributed by atoms with Crippen LogP contribution < -0.4 is 15.4 Å². The Morgan fingerprint density at radius 3 is 2.62 bits per heavy atom. The maximum absolute atomic E-state index is 5.93. The van der Waals surface area contributed by atoms with Crippen molar-refractivity contribution in [2.75, 3.05) is 13.6 Å². The Balaban J connectivity index is 1.87. The molecule has 0 radical (unpaired) electrons. The van der Waals surface area contributed by atoms with Crippen molar-refractivity contribution < 1.29 is 4.74 Å². The van der Waals surface area contributed by atoms with Gasteiger partial charge in [-0.1, -0.05) is 18.2 Å². The molecule has 0 saturated carbocycles. The second kappa shape index (κ2) is 9.80. The fraction of sp³-hybridized carbons (Fsp3) is 0.429. The smallest absolute Gasteiger partial charge is 0.191 e. The van der Waals surface area contributed by atoms with Crippen LogP contribution in [0.1, 0.15) is 36.2 Å². The van der Waals surface area contributed by atoms with Gasteiger partial charge in [-0.2, -0.15) is 0 Å². The summed E-state index contributed by atoms with van der Waals surface area (Å²) in [5.41, 5.74) is 4.56. The van der Waals surface area contributed by atoms with Gasteiger partial charge in [-0.3, -0.25) is 9.98 Å². The molecule has 0 saturated heterocycles. The SMILES string of the molecule is CN=C(NCCc1ccc(C)nc1)NCc1ccc(C)cc1OC(C)C. The average Bonchev–Trinajstić information content (AvgIpc) is 2.60. The van der Waals surface area contributed by atoms with E-state index in [1.165, 1.54) is 11.1 Å². The zero-order valence-electron chi connectivity index (χ0n) is 16.5. The molecule has 0 aliphatic rings. The largest absolute Gasteiger partial charge is 0.491 e. The first-order valence-corrected chi connectivity index (χ1v) is 9.10. The van der Waals surface area contributed by atoms with Crippen molar-refractivity contribution in [2.45, 2.75) is 46.8 Å². The predicted molar refractivity (Wildman–Crippen MR) is 108 cm³/mol. The molecule has 0 fully saturated rings. The molecule has 2 aromatic rings. The number of nitrogens with one attached hydrogen (secondary N) is 2. The van der Waals surface area contributed by atoms with Crippen molar-refractivity contribution in [3.05, 3.63) is 58.9 Å². The van der Waals surface area contributed by atoms with E-state index in [1.54, 1.807) is 7.05 Å². The standard InChI is InChI=1S/C21H30N4O/c1-15(2)26-20-12-16(3)6-9-19(20)14-25-21(22-5)23-11-10-18-8-7-17(4)24-13-18/h6-9,12-13,15H,10-11,14H2,1-5H3,(H2,22,23,25). The molecule has 2 rings (SSSR count). The number of aliphatic imine (C=N–C) groups is 1. The molecule has 1 aromatic heterocycles. The topological polar surface area (TPSA) is 58.5 Å². The van der Waals surface area contributed by atoms with Crippen LogP contribution in [-0.2, 0) is 13.0 Å². The molecule has 0 aliphatic heterocycles. The monoisotopic (exact) mass is 354 g/mol. The Morgan fingerprint density at radius 2 is 1.96 bits per heavy atom. The zero-order chi connectivity index (χ0) is 18.9. The summed E-state index contributed by atoms with van der Waals surface area (Å²) in [6.07, 6.45) is 2.98. The van der Waals surface area contributed by atoms with Crippen LogP contribution >= 0.6 is 0 Å². The van der Waals surface area contributed by atoms with Crippen LogP contribution in [0.25, 0.3) is 0 Å². The molecule has 0 bridgehead atoms. The lowest BCUT2D eigenvalue weighted by atomic mass is 10.1. The minimum atomic E-state index is 0.149. The number of hydrogen-bond donors (Lipinski definition) is 2. The van der Waals surface area contributed by atoms with Gasteiger partial charge in [0.05, 0.1) is 6.10 Å². The third-order valence-electron chi connectivity index (χ3n) is 3.93. The molecular formula is C21H30N4O. The van der Waals surface area contributed by atoms with Crippen molar-refractivity contribution in [1.82, 2.24) is 15.6 Å². The van der Waals surface area contributed by atoms with E-state index < -0.39 is 0 Å². The number of guanidine groups is 1. The molecule has 1 heterocycles. The van der Waals surface area contributed by atoms with Crippen molar-refractivity contribution in [2.24, 2.45) is 4.99 Å². The Labute approximate surface area is 156 Å². The molecule has 0 spiro atoms. The molecule has 0 atom stereocenters. The highest BCUT2D eigenvalue weighted by atomic mass is 16.5. The van der Waals surface area contributed by atoms with Crippen molar-refractivity contribution in [3.8, 4) is 5.75 Å². The zero-order valence-corrected chi connectivity index (χ0v) is 16.5. The average molecular weight is 354 g/mol. The number of aryl methyl sites for hydroxylation is 2. The summed E-state index contributed by atoms with van der Waals surface area (Å²) in [6, 6.07) is 10.4. The van der Waals surface area contributed by atoms with Gasteiger partial charge in [0.2, 0.25) is 0 Å². The van der Waals surface area contributed by atoms with Crippen molar-refractivity contribution in [3.63, 3.8) is 0 Å². The van der Waals surface area contributed by atoms with E-state index in [0.29, 0.717) is 6.54 Å². The van der Waals surface area contributed by atoms with Crippen molar-refractivity contribution in [1.29, 1.82) is 0 Å². The summed E-state index contributed by atoms with van der Waals surface area (Å²) >= 11 is 0. The van der Waals surface area contributed by atoms with Gasteiger partial charge in [0.25, 0.3) is 0 Å². The summed E-state index contributed by atoms with van der Waals surface area (Å²) in [4.78, 5) is 8.62. The lowest BCUT2D eigenvalue weighted by Gasteiger charge is -2.17. The normalized spacial score (nSPS) is 11.5. The molecule has 5 heteroatoms. The van der Waals surface area contributed by atoms with Crippen LogP contribution in [-0.4, -0.2) is 30.6 Å². The number of ether oxygens (including phenoxy) is 1. The Kier molecular flexibility index (Phi) is 7.45. The minimum Gasteiger partial charge on any atom is -0.491 e. The van der Waals surface area contributed by atoms with E-state index >= 15 is 0 Å². The first kappa shape index (κ1) is 19.8. The third-order valence-corrected chi connectivity index (χ3v) is 3.93. The molecule has 0 amide bonds. The summed E-state index contributed by atoms with van der Waals surface area (Å²) in [5, 5.41) is 6.70. The molecule has 5 nitrogen and oxygen atoms in total. The van der Waals surface area contributed by atoms with E-state index in [-0.39, 0.29) is 6.10 Å². The molecule has 140 valence electrons. The summed E-state index contributed by atoms with van der Waals surface area (Å²) in [5.74, 6) is 1.70. The van der Waals surface area contributed by atoms with Crippen LogP contribution in [0, 0.1) is 13.8 Å². The lowest BCUT2D eigenvalue weighted by Crippen LogP contribution is -2.38. The van der Waals surface area contributed by atoms with Crippen LogP contribution in [0.5, 0.6) is 5.75 Å². The molecule has 26 heavy (non-hydrogen) atoms. The van der Waals surface area contributed by atoms with E-state index in [1.807, 2.05) is 33.0 Å². The van der Waals surface area contributed by atoms with Crippen molar-refractivity contribution >= 4 is 5.96 Å². The molecule has 2 N–H and O–H groups in total. The highest BCUT2D eigenvalue weighted by Crippen LogP contribution is 2.21. The Bertz CT molecular complexity index is 723. The summed E-state index contributed by atoms with van der Waals surface area (Å²) in [7, 11) is 1.78. The van der Waals surface area contributed by atoms with E-state index in [9.17, 15) is 0 Å². The Morgan fingerprint density at radius 1 is 1.15 bits per heavy atom. The van der Waals surface area contributed by atoms with Gasteiger partial charge >= 0.3 is 0 Å². The first-order chi connectivity index (χ1) is 12.5. The van der Waals surface area contributed by atoms with Crippen LogP contribution in [0.4, 0.5) is 0 Å². The maximum atomic E-state index is 5.93. The quantitative estimate of drug-likeness (QED) is 0.591. The summed E-state index contributed by atoms with van der Waals surface area (Å²) < 4.78 is 5.93. The number of pyridine rings is 1. The fourth-order valence-electron chi connectivity index (χ4n) is 2.54. The van der Waals surface area contributed by atoms with Gasteiger partial charge in [-0.15, -0.1) is 0 Å².